The molecule has 0 radical (unpaired) electrons. The van der Waals surface area contributed by atoms with Crippen LogP contribution in [0.5, 0.6) is 0 Å². The van der Waals surface area contributed by atoms with E-state index in [2.05, 4.69) is 32.9 Å². The number of nitrogens with two attached hydrogens (primary N) is 1. The minimum Gasteiger partial charge on any atom is -0.330 e. The zero-order chi connectivity index (χ0) is 16.2. The van der Waals surface area contributed by atoms with E-state index in [9.17, 15) is 4.39 Å². The minimum atomic E-state index is -0.967. The van der Waals surface area contributed by atoms with E-state index in [1.54, 1.807) is 0 Å². The van der Waals surface area contributed by atoms with Crippen LogP contribution in [0.1, 0.15) is 63.8 Å². The third-order valence-corrected chi connectivity index (χ3v) is 4.68. The van der Waals surface area contributed by atoms with E-state index in [4.69, 9.17) is 5.73 Å². The molecule has 0 saturated heterocycles. The summed E-state index contributed by atoms with van der Waals surface area (Å²) < 4.78 is 14.0. The van der Waals surface area contributed by atoms with Gasteiger partial charge in [0.2, 0.25) is 0 Å². The van der Waals surface area contributed by atoms with Crippen LogP contribution < -0.4 is 5.73 Å². The molecule has 0 fully saturated rings. The van der Waals surface area contributed by atoms with Gasteiger partial charge in [-0.05, 0) is 67.3 Å². The maximum atomic E-state index is 14.0. The van der Waals surface area contributed by atoms with Crippen molar-refractivity contribution in [1.29, 1.82) is 0 Å². The van der Waals surface area contributed by atoms with Crippen molar-refractivity contribution >= 4 is 6.08 Å². The first-order valence-corrected chi connectivity index (χ1v) is 8.26. The van der Waals surface area contributed by atoms with Gasteiger partial charge in [-0.15, -0.1) is 0 Å². The molecule has 1 aliphatic carbocycles. The molecule has 1 aromatic rings. The number of allylic oxidation sites excluding steroid dienone is 3. The third-order valence-electron chi connectivity index (χ3n) is 4.68. The quantitative estimate of drug-likeness (QED) is 0.754. The molecule has 22 heavy (non-hydrogen) atoms. The summed E-state index contributed by atoms with van der Waals surface area (Å²) in [5.41, 5.74) is 10.4. The van der Waals surface area contributed by atoms with E-state index in [-0.39, 0.29) is 5.41 Å². The van der Waals surface area contributed by atoms with Crippen molar-refractivity contribution in [3.05, 3.63) is 52.6 Å². The molecule has 2 N–H and O–H groups in total. The van der Waals surface area contributed by atoms with Gasteiger partial charge in [0.1, 0.15) is 6.17 Å². The molecule has 0 aromatic heterocycles. The first-order valence-electron chi connectivity index (χ1n) is 8.26. The molecule has 2 heteroatoms. The summed E-state index contributed by atoms with van der Waals surface area (Å²) in [6, 6.07) is 7.72. The van der Waals surface area contributed by atoms with Gasteiger partial charge < -0.3 is 5.73 Å². The molecule has 120 valence electrons. The molecule has 0 heterocycles. The molecular formula is C20H28FN. The molecular weight excluding hydrogens is 273 g/mol. The Bertz CT molecular complexity index is 569. The van der Waals surface area contributed by atoms with E-state index in [0.717, 1.165) is 11.1 Å². The van der Waals surface area contributed by atoms with E-state index in [0.29, 0.717) is 13.0 Å². The lowest BCUT2D eigenvalue weighted by Crippen LogP contribution is -2.18. The Kier molecular flexibility index (Phi) is 5.57. The van der Waals surface area contributed by atoms with Crippen LogP contribution in [0.4, 0.5) is 4.39 Å². The number of alkyl halides is 1. The summed E-state index contributed by atoms with van der Waals surface area (Å²) in [5.74, 6) is 0. The molecule has 1 unspecified atom stereocenters. The van der Waals surface area contributed by atoms with Crippen LogP contribution in [0, 0.1) is 5.41 Å². The number of hydrogen-bond acceptors (Lipinski definition) is 1. The van der Waals surface area contributed by atoms with Gasteiger partial charge in [-0.3, -0.25) is 0 Å². The first-order chi connectivity index (χ1) is 10.4. The predicted molar refractivity (Wildman–Crippen MR) is 93.3 cm³/mol. The van der Waals surface area contributed by atoms with Gasteiger partial charge in [0.15, 0.2) is 0 Å². The lowest BCUT2D eigenvalue weighted by Gasteiger charge is -2.32. The maximum absolute atomic E-state index is 14.0. The lowest BCUT2D eigenvalue weighted by atomic mass is 9.72. The molecule has 2 rings (SSSR count). The summed E-state index contributed by atoms with van der Waals surface area (Å²) in [6.07, 6.45) is 7.44. The van der Waals surface area contributed by atoms with Crippen molar-refractivity contribution in [1.82, 2.24) is 0 Å². The van der Waals surface area contributed by atoms with Gasteiger partial charge in [-0.2, -0.15) is 0 Å². The Morgan fingerprint density at radius 1 is 1.32 bits per heavy atom. The topological polar surface area (TPSA) is 26.0 Å². The summed E-state index contributed by atoms with van der Waals surface area (Å²) in [4.78, 5) is 0. The van der Waals surface area contributed by atoms with Gasteiger partial charge in [0, 0.05) is 0 Å². The van der Waals surface area contributed by atoms with Crippen LogP contribution in [0.15, 0.2) is 41.5 Å². The minimum absolute atomic E-state index is 0.235. The van der Waals surface area contributed by atoms with Gasteiger partial charge in [0.25, 0.3) is 0 Å². The van der Waals surface area contributed by atoms with E-state index >= 15 is 0 Å². The monoisotopic (exact) mass is 301 g/mol. The molecule has 1 aliphatic rings. The number of rotatable bonds is 5. The van der Waals surface area contributed by atoms with Crippen LogP contribution in [-0.2, 0) is 0 Å². The molecule has 0 bridgehead atoms. The van der Waals surface area contributed by atoms with Gasteiger partial charge in [0.05, 0.1) is 0 Å². The molecule has 1 nitrogen and oxygen atoms in total. The second kappa shape index (κ2) is 7.23. The average Bonchev–Trinajstić information content (AvgIpc) is 2.46. The van der Waals surface area contributed by atoms with E-state index in [1.165, 1.54) is 30.4 Å². The summed E-state index contributed by atoms with van der Waals surface area (Å²) >= 11 is 0. The van der Waals surface area contributed by atoms with Crippen LogP contribution >= 0.6 is 0 Å². The number of hydrogen-bond donors (Lipinski definition) is 1. The van der Waals surface area contributed by atoms with E-state index in [1.807, 2.05) is 24.3 Å². The van der Waals surface area contributed by atoms with Crippen molar-refractivity contribution in [2.24, 2.45) is 11.1 Å². The van der Waals surface area contributed by atoms with Crippen molar-refractivity contribution in [3.63, 3.8) is 0 Å². The number of benzene rings is 1. The molecule has 1 aromatic carbocycles. The highest BCUT2D eigenvalue weighted by atomic mass is 19.1. The largest absolute Gasteiger partial charge is 0.330 e. The summed E-state index contributed by atoms with van der Waals surface area (Å²) in [7, 11) is 0. The molecule has 0 aliphatic heterocycles. The second-order valence-corrected chi connectivity index (χ2v) is 6.98. The van der Waals surface area contributed by atoms with Gasteiger partial charge in [-0.1, -0.05) is 49.8 Å². The van der Waals surface area contributed by atoms with Crippen LogP contribution in [0.2, 0.25) is 0 Å². The fraction of sp³-hybridized carbons (Fsp3) is 0.500. The second-order valence-electron chi connectivity index (χ2n) is 6.98. The predicted octanol–water partition coefficient (Wildman–Crippen LogP) is 5.59. The van der Waals surface area contributed by atoms with Crippen LogP contribution in [0.25, 0.3) is 6.08 Å². The number of halogens is 1. The zero-order valence-corrected chi connectivity index (χ0v) is 14.0. The van der Waals surface area contributed by atoms with Crippen molar-refractivity contribution < 1.29 is 4.39 Å². The van der Waals surface area contributed by atoms with Crippen molar-refractivity contribution in [2.75, 3.05) is 6.54 Å². The van der Waals surface area contributed by atoms with Crippen molar-refractivity contribution in [2.45, 2.75) is 52.6 Å². The fourth-order valence-corrected chi connectivity index (χ4v) is 3.36. The Morgan fingerprint density at radius 2 is 2.09 bits per heavy atom. The first kappa shape index (κ1) is 17.0. The average molecular weight is 301 g/mol. The SMILES string of the molecule is CC1=C(C=Cc2cccc(C(F)CCN)c2)C(C)(C)CCC1. The fourth-order valence-electron chi connectivity index (χ4n) is 3.36. The Balaban J connectivity index is 2.21. The van der Waals surface area contributed by atoms with Gasteiger partial charge >= 0.3 is 0 Å². The Hall–Kier alpha value is -1.41. The summed E-state index contributed by atoms with van der Waals surface area (Å²) in [6.45, 7) is 7.23. The van der Waals surface area contributed by atoms with Gasteiger partial charge in [-0.25, -0.2) is 4.39 Å². The van der Waals surface area contributed by atoms with E-state index < -0.39 is 6.17 Å². The smallest absolute Gasteiger partial charge is 0.126 e. The van der Waals surface area contributed by atoms with Crippen molar-refractivity contribution in [3.8, 4) is 0 Å². The van der Waals surface area contributed by atoms with Crippen LogP contribution in [-0.4, -0.2) is 6.54 Å². The summed E-state index contributed by atoms with van der Waals surface area (Å²) in [5, 5.41) is 0. The maximum Gasteiger partial charge on any atom is 0.126 e. The Morgan fingerprint density at radius 3 is 2.77 bits per heavy atom. The van der Waals surface area contributed by atoms with Crippen LogP contribution in [0.3, 0.4) is 0 Å². The molecule has 0 saturated carbocycles. The molecule has 1 atom stereocenters. The highest BCUT2D eigenvalue weighted by Gasteiger charge is 2.26. The molecule has 0 amide bonds. The highest BCUT2D eigenvalue weighted by molar-refractivity contribution is 5.55. The third kappa shape index (κ3) is 4.07. The zero-order valence-electron chi connectivity index (χ0n) is 14.0. The Labute approximate surface area is 134 Å². The standard InChI is InChI=1S/C20H28FN/c1-15-6-5-12-20(2,3)18(15)10-9-16-7-4-8-17(14-16)19(21)11-13-22/h4,7-10,14,19H,5-6,11-13,22H2,1-3H3. The highest BCUT2D eigenvalue weighted by Crippen LogP contribution is 2.41. The lowest BCUT2D eigenvalue weighted by molar-refractivity contribution is 0.327. The normalized spacial score (nSPS) is 19.7. The molecule has 0 spiro atoms.